The summed E-state index contributed by atoms with van der Waals surface area (Å²) >= 11 is 0. The molecule has 4 nitrogen and oxygen atoms in total. The number of rotatable bonds is 3. The number of anilines is 3. The zero-order valence-electron chi connectivity index (χ0n) is 11.2. The molecule has 2 rings (SSSR count). The second kappa shape index (κ2) is 5.04. The largest absolute Gasteiger partial charge is 0.378 e. The molecule has 0 bridgehead atoms. The maximum absolute atomic E-state index is 4.35. The van der Waals surface area contributed by atoms with Gasteiger partial charge in [-0.25, -0.2) is 9.97 Å². The summed E-state index contributed by atoms with van der Waals surface area (Å²) in [6.45, 7) is 3.93. The lowest BCUT2D eigenvalue weighted by atomic mass is 10.2. The van der Waals surface area contributed by atoms with Crippen molar-refractivity contribution in [3.8, 4) is 0 Å². The molecule has 0 aliphatic carbocycles. The van der Waals surface area contributed by atoms with Gasteiger partial charge < -0.3 is 10.2 Å². The van der Waals surface area contributed by atoms with E-state index in [1.165, 1.54) is 5.69 Å². The molecule has 0 aliphatic rings. The van der Waals surface area contributed by atoms with E-state index < -0.39 is 0 Å². The highest BCUT2D eigenvalue weighted by molar-refractivity contribution is 5.58. The minimum absolute atomic E-state index is 0.644. The maximum Gasteiger partial charge on any atom is 0.227 e. The third-order valence-corrected chi connectivity index (χ3v) is 2.62. The summed E-state index contributed by atoms with van der Waals surface area (Å²) in [4.78, 5) is 10.8. The number of nitrogens with one attached hydrogen (secondary N) is 1. The first-order valence-electron chi connectivity index (χ1n) is 5.91. The van der Waals surface area contributed by atoms with Crippen molar-refractivity contribution in [1.29, 1.82) is 0 Å². The van der Waals surface area contributed by atoms with Crippen LogP contribution in [0, 0.1) is 13.8 Å². The van der Waals surface area contributed by atoms with Gasteiger partial charge in [0.1, 0.15) is 0 Å². The van der Waals surface area contributed by atoms with Crippen LogP contribution in [0.4, 0.5) is 17.3 Å². The van der Waals surface area contributed by atoms with Crippen LogP contribution in [0.2, 0.25) is 0 Å². The zero-order valence-corrected chi connectivity index (χ0v) is 11.2. The molecule has 0 radical (unpaired) electrons. The van der Waals surface area contributed by atoms with Crippen LogP contribution in [-0.2, 0) is 0 Å². The van der Waals surface area contributed by atoms with Gasteiger partial charge in [-0.05, 0) is 44.2 Å². The molecule has 0 spiro atoms. The lowest BCUT2D eigenvalue weighted by Gasteiger charge is -2.13. The first-order chi connectivity index (χ1) is 8.54. The molecule has 0 fully saturated rings. The molecule has 2 aromatic rings. The fourth-order valence-electron chi connectivity index (χ4n) is 1.75. The van der Waals surface area contributed by atoms with Crippen LogP contribution in [0.5, 0.6) is 0 Å². The molecule has 0 aliphatic heterocycles. The Labute approximate surface area is 108 Å². The minimum Gasteiger partial charge on any atom is -0.378 e. The van der Waals surface area contributed by atoms with E-state index >= 15 is 0 Å². The summed E-state index contributed by atoms with van der Waals surface area (Å²) in [6.07, 6.45) is 0. The second-order valence-corrected chi connectivity index (χ2v) is 4.54. The second-order valence-electron chi connectivity index (χ2n) is 4.54. The van der Waals surface area contributed by atoms with Crippen molar-refractivity contribution in [3.63, 3.8) is 0 Å². The average molecular weight is 242 g/mol. The molecule has 0 saturated carbocycles. The van der Waals surface area contributed by atoms with E-state index in [1.54, 1.807) is 0 Å². The molecule has 18 heavy (non-hydrogen) atoms. The third kappa shape index (κ3) is 2.97. The molecule has 1 heterocycles. The van der Waals surface area contributed by atoms with E-state index in [9.17, 15) is 0 Å². The lowest BCUT2D eigenvalue weighted by Crippen LogP contribution is -2.08. The fourth-order valence-corrected chi connectivity index (χ4v) is 1.75. The van der Waals surface area contributed by atoms with Gasteiger partial charge in [0, 0.05) is 36.9 Å². The van der Waals surface area contributed by atoms with Crippen LogP contribution in [0.15, 0.2) is 30.3 Å². The van der Waals surface area contributed by atoms with Crippen molar-refractivity contribution >= 4 is 17.3 Å². The smallest absolute Gasteiger partial charge is 0.227 e. The third-order valence-electron chi connectivity index (χ3n) is 2.62. The molecular formula is C14H18N4. The van der Waals surface area contributed by atoms with E-state index in [2.05, 4.69) is 32.3 Å². The maximum atomic E-state index is 4.35. The molecule has 0 unspecified atom stereocenters. The van der Waals surface area contributed by atoms with E-state index in [1.807, 2.05) is 46.1 Å². The van der Waals surface area contributed by atoms with Gasteiger partial charge in [0.25, 0.3) is 0 Å². The van der Waals surface area contributed by atoms with Gasteiger partial charge in [0.2, 0.25) is 5.95 Å². The van der Waals surface area contributed by atoms with Gasteiger partial charge in [-0.15, -0.1) is 0 Å². The van der Waals surface area contributed by atoms with Gasteiger partial charge >= 0.3 is 0 Å². The summed E-state index contributed by atoms with van der Waals surface area (Å²) in [5.41, 5.74) is 4.09. The van der Waals surface area contributed by atoms with Crippen molar-refractivity contribution in [1.82, 2.24) is 9.97 Å². The molecule has 1 aromatic carbocycles. The Morgan fingerprint density at radius 3 is 2.00 bits per heavy atom. The standard InChI is InChI=1S/C14H18N4/c1-10-9-11(2)16-14(15-10)17-12-5-7-13(8-6-12)18(3)4/h5-9H,1-4H3,(H,15,16,17). The Morgan fingerprint density at radius 1 is 0.944 bits per heavy atom. The molecule has 0 saturated heterocycles. The van der Waals surface area contributed by atoms with E-state index in [-0.39, 0.29) is 0 Å². The number of nitrogens with zero attached hydrogens (tertiary/aromatic N) is 3. The van der Waals surface area contributed by atoms with E-state index in [0.717, 1.165) is 17.1 Å². The van der Waals surface area contributed by atoms with Gasteiger partial charge in [-0.2, -0.15) is 0 Å². The van der Waals surface area contributed by atoms with E-state index in [4.69, 9.17) is 0 Å². The molecular weight excluding hydrogens is 224 g/mol. The topological polar surface area (TPSA) is 41.1 Å². The number of aromatic nitrogens is 2. The molecule has 0 atom stereocenters. The van der Waals surface area contributed by atoms with Crippen LogP contribution in [0.3, 0.4) is 0 Å². The highest BCUT2D eigenvalue weighted by Crippen LogP contribution is 2.18. The predicted molar refractivity (Wildman–Crippen MR) is 75.6 cm³/mol. The van der Waals surface area contributed by atoms with Crippen LogP contribution in [0.1, 0.15) is 11.4 Å². The highest BCUT2D eigenvalue weighted by Gasteiger charge is 2.01. The van der Waals surface area contributed by atoms with Crippen LogP contribution in [-0.4, -0.2) is 24.1 Å². The Bertz CT molecular complexity index is 512. The van der Waals surface area contributed by atoms with Crippen molar-refractivity contribution in [2.45, 2.75) is 13.8 Å². The Morgan fingerprint density at radius 2 is 1.50 bits per heavy atom. The zero-order chi connectivity index (χ0) is 13.1. The molecule has 1 N–H and O–H groups in total. The summed E-state index contributed by atoms with van der Waals surface area (Å²) < 4.78 is 0. The van der Waals surface area contributed by atoms with Gasteiger partial charge in [-0.3, -0.25) is 0 Å². The summed E-state index contributed by atoms with van der Waals surface area (Å²) in [7, 11) is 4.05. The van der Waals surface area contributed by atoms with Crippen molar-refractivity contribution in [2.24, 2.45) is 0 Å². The summed E-state index contributed by atoms with van der Waals surface area (Å²) in [5.74, 6) is 0.644. The summed E-state index contributed by atoms with van der Waals surface area (Å²) in [5, 5.41) is 3.21. The van der Waals surface area contributed by atoms with Crippen molar-refractivity contribution in [3.05, 3.63) is 41.7 Å². The van der Waals surface area contributed by atoms with Gasteiger partial charge in [0.15, 0.2) is 0 Å². The first kappa shape index (κ1) is 12.4. The lowest BCUT2D eigenvalue weighted by molar-refractivity contribution is 1.06. The van der Waals surface area contributed by atoms with E-state index in [0.29, 0.717) is 5.95 Å². The Hall–Kier alpha value is -2.10. The fraction of sp³-hybridized carbons (Fsp3) is 0.286. The quantitative estimate of drug-likeness (QED) is 0.898. The first-order valence-corrected chi connectivity index (χ1v) is 5.91. The highest BCUT2D eigenvalue weighted by atomic mass is 15.1. The van der Waals surface area contributed by atoms with Gasteiger partial charge in [-0.1, -0.05) is 0 Å². The van der Waals surface area contributed by atoms with Crippen molar-refractivity contribution < 1.29 is 0 Å². The number of benzene rings is 1. The number of hydrogen-bond donors (Lipinski definition) is 1. The average Bonchev–Trinajstić information content (AvgIpc) is 2.28. The van der Waals surface area contributed by atoms with Crippen molar-refractivity contribution in [2.75, 3.05) is 24.3 Å². The molecule has 4 heteroatoms. The van der Waals surface area contributed by atoms with Gasteiger partial charge in [0.05, 0.1) is 0 Å². The predicted octanol–water partition coefficient (Wildman–Crippen LogP) is 2.90. The molecule has 1 aromatic heterocycles. The Kier molecular flexibility index (Phi) is 3.46. The summed E-state index contributed by atoms with van der Waals surface area (Å²) in [6, 6.07) is 10.1. The Balaban J connectivity index is 2.18. The monoisotopic (exact) mass is 242 g/mol. The number of aryl methyl sites for hydroxylation is 2. The minimum atomic E-state index is 0.644. The normalized spacial score (nSPS) is 10.2. The van der Waals surface area contributed by atoms with Crippen LogP contribution >= 0.6 is 0 Å². The SMILES string of the molecule is Cc1cc(C)nc(Nc2ccc(N(C)C)cc2)n1. The molecule has 0 amide bonds. The van der Waals surface area contributed by atoms with Crippen LogP contribution < -0.4 is 10.2 Å². The van der Waals surface area contributed by atoms with Crippen LogP contribution in [0.25, 0.3) is 0 Å². The number of hydrogen-bond acceptors (Lipinski definition) is 4. The molecule has 94 valence electrons.